The molecule has 1 N–H and O–H groups in total. The number of carbonyl (C=O) groups excluding carboxylic acids is 1. The minimum Gasteiger partial charge on any atom is -0.494 e. The average molecular weight is 411 g/mol. The van der Waals surface area contributed by atoms with Crippen molar-refractivity contribution in [2.75, 3.05) is 25.1 Å². The lowest BCUT2D eigenvalue weighted by molar-refractivity contribution is 0.0963. The number of nitrogens with zero attached hydrogens (tertiary/aromatic N) is 1. The summed E-state index contributed by atoms with van der Waals surface area (Å²) in [5, 5.41) is 2.67. The third-order valence-electron chi connectivity index (χ3n) is 5.49. The highest BCUT2D eigenvalue weighted by molar-refractivity contribution is 5.94. The van der Waals surface area contributed by atoms with Crippen molar-refractivity contribution in [1.82, 2.24) is 5.32 Å². The van der Waals surface area contributed by atoms with Crippen molar-refractivity contribution in [1.29, 1.82) is 0 Å². The van der Waals surface area contributed by atoms with E-state index in [0.717, 1.165) is 30.0 Å². The van der Waals surface area contributed by atoms with Crippen molar-refractivity contribution in [3.8, 4) is 17.6 Å². The molecule has 1 aliphatic heterocycles. The monoisotopic (exact) mass is 410 g/mol. The van der Waals surface area contributed by atoms with E-state index in [-0.39, 0.29) is 11.9 Å². The van der Waals surface area contributed by atoms with Gasteiger partial charge >= 0.3 is 0 Å². The van der Waals surface area contributed by atoms with Gasteiger partial charge in [0.25, 0.3) is 5.91 Å². The number of carbonyl (C=O) groups is 1. The smallest absolute Gasteiger partial charge is 0.251 e. The zero-order valence-electron chi connectivity index (χ0n) is 17.9. The predicted octanol–water partition coefficient (Wildman–Crippen LogP) is 4.60. The van der Waals surface area contributed by atoms with Crippen LogP contribution >= 0.6 is 0 Å². The van der Waals surface area contributed by atoms with Crippen LogP contribution in [0.5, 0.6) is 5.75 Å². The van der Waals surface area contributed by atoms with Gasteiger partial charge in [-0.25, -0.2) is 0 Å². The maximum absolute atomic E-state index is 11.9. The molecule has 4 nitrogen and oxygen atoms in total. The highest BCUT2D eigenvalue weighted by Crippen LogP contribution is 2.33. The summed E-state index contributed by atoms with van der Waals surface area (Å²) in [5.41, 5.74) is 5.25. The highest BCUT2D eigenvalue weighted by Gasteiger charge is 2.26. The summed E-state index contributed by atoms with van der Waals surface area (Å²) in [6.45, 7) is 3.50. The second-order valence-electron chi connectivity index (χ2n) is 7.40. The van der Waals surface area contributed by atoms with Crippen LogP contribution in [0.3, 0.4) is 0 Å². The molecular weight excluding hydrogens is 384 g/mol. The fraction of sp³-hybridized carbons (Fsp3) is 0.222. The van der Waals surface area contributed by atoms with Crippen LogP contribution in [0.4, 0.5) is 5.69 Å². The Labute approximate surface area is 183 Å². The Hall–Kier alpha value is -3.71. The van der Waals surface area contributed by atoms with Gasteiger partial charge in [-0.1, -0.05) is 36.1 Å². The molecule has 1 unspecified atom stereocenters. The van der Waals surface area contributed by atoms with E-state index in [0.29, 0.717) is 12.2 Å². The second kappa shape index (κ2) is 9.40. The molecule has 1 atom stereocenters. The molecule has 1 amide bonds. The van der Waals surface area contributed by atoms with E-state index in [1.54, 1.807) is 7.05 Å². The van der Waals surface area contributed by atoms with Crippen LogP contribution in [0.15, 0.2) is 72.8 Å². The van der Waals surface area contributed by atoms with Gasteiger partial charge in [0.1, 0.15) is 11.8 Å². The first-order valence-corrected chi connectivity index (χ1v) is 10.6. The van der Waals surface area contributed by atoms with Gasteiger partial charge in [-0.3, -0.25) is 4.79 Å². The molecule has 31 heavy (non-hydrogen) atoms. The summed E-state index contributed by atoms with van der Waals surface area (Å²) in [6, 6.07) is 24.1. The summed E-state index contributed by atoms with van der Waals surface area (Å²) < 4.78 is 5.53. The van der Waals surface area contributed by atoms with Crippen LogP contribution in [-0.4, -0.2) is 26.1 Å². The molecule has 3 aromatic carbocycles. The third-order valence-corrected chi connectivity index (χ3v) is 5.49. The van der Waals surface area contributed by atoms with Gasteiger partial charge in [0, 0.05) is 30.4 Å². The summed E-state index contributed by atoms with van der Waals surface area (Å²) in [5.74, 6) is 7.62. The number of nitrogens with one attached hydrogen (secondary N) is 1. The van der Waals surface area contributed by atoms with E-state index in [1.807, 2.05) is 55.5 Å². The Morgan fingerprint density at radius 2 is 1.81 bits per heavy atom. The average Bonchev–Trinajstić information content (AvgIpc) is 2.83. The van der Waals surface area contributed by atoms with Gasteiger partial charge in [0.15, 0.2) is 0 Å². The van der Waals surface area contributed by atoms with Gasteiger partial charge in [0.2, 0.25) is 0 Å². The molecule has 0 fully saturated rings. The van der Waals surface area contributed by atoms with Crippen LogP contribution in [0.2, 0.25) is 0 Å². The molecule has 0 aromatic heterocycles. The number of fused-ring (bicyclic) bond motifs is 1. The molecule has 1 heterocycles. The van der Waals surface area contributed by atoms with Crippen LogP contribution in [-0.2, 0) is 6.42 Å². The molecule has 0 spiro atoms. The first kappa shape index (κ1) is 20.6. The lowest BCUT2D eigenvalue weighted by Crippen LogP contribution is -2.34. The predicted molar refractivity (Wildman–Crippen MR) is 125 cm³/mol. The molecule has 0 saturated carbocycles. The van der Waals surface area contributed by atoms with Gasteiger partial charge in [0.05, 0.1) is 6.61 Å². The highest BCUT2D eigenvalue weighted by atomic mass is 16.5. The van der Waals surface area contributed by atoms with Crippen LogP contribution < -0.4 is 15.0 Å². The zero-order chi connectivity index (χ0) is 21.6. The second-order valence-corrected chi connectivity index (χ2v) is 7.40. The first-order valence-electron chi connectivity index (χ1n) is 10.6. The Kier molecular flexibility index (Phi) is 6.24. The van der Waals surface area contributed by atoms with Crippen molar-refractivity contribution in [2.45, 2.75) is 19.4 Å². The molecule has 3 aromatic rings. The maximum Gasteiger partial charge on any atom is 0.251 e. The molecule has 0 saturated heterocycles. The van der Waals surface area contributed by atoms with Gasteiger partial charge < -0.3 is 15.0 Å². The van der Waals surface area contributed by atoms with Crippen LogP contribution in [0, 0.1) is 11.8 Å². The number of anilines is 1. The summed E-state index contributed by atoms with van der Waals surface area (Å²) in [6.07, 6.45) is 0.967. The number of hydrogen-bond donors (Lipinski definition) is 1. The fourth-order valence-corrected chi connectivity index (χ4v) is 3.90. The summed E-state index contributed by atoms with van der Waals surface area (Å²) >= 11 is 0. The minimum atomic E-state index is -0.0811. The summed E-state index contributed by atoms with van der Waals surface area (Å²) in [4.78, 5) is 14.2. The number of amides is 1. The van der Waals surface area contributed by atoms with E-state index in [4.69, 9.17) is 4.74 Å². The van der Waals surface area contributed by atoms with Gasteiger partial charge in [-0.05, 0) is 73.0 Å². The number of rotatable bonds is 4. The van der Waals surface area contributed by atoms with Gasteiger partial charge in [-0.15, -0.1) is 0 Å². The van der Waals surface area contributed by atoms with E-state index in [9.17, 15) is 4.79 Å². The largest absolute Gasteiger partial charge is 0.494 e. The first-order chi connectivity index (χ1) is 15.2. The fourth-order valence-electron chi connectivity index (χ4n) is 3.90. The standard InChI is InChI=1S/C27H26N2O2/c1-3-31-24-15-8-20(9-16-24)10-17-26-25-7-5-4-6-21(25)18-19-29(26)23-13-11-22(12-14-23)27(30)28-2/h4-9,11-16,26H,3,18-19H2,1-2H3,(H,28,30). The van der Waals surface area contributed by atoms with Crippen LogP contribution in [0.1, 0.15) is 40.0 Å². The molecule has 0 bridgehead atoms. The van der Waals surface area contributed by atoms with Crippen molar-refractivity contribution >= 4 is 11.6 Å². The quantitative estimate of drug-likeness (QED) is 0.639. The summed E-state index contributed by atoms with van der Waals surface area (Å²) in [7, 11) is 1.64. The molecular formula is C27H26N2O2. The van der Waals surface area contributed by atoms with Gasteiger partial charge in [-0.2, -0.15) is 0 Å². The minimum absolute atomic E-state index is 0.0534. The number of hydrogen-bond acceptors (Lipinski definition) is 3. The third kappa shape index (κ3) is 4.57. The van der Waals surface area contributed by atoms with Crippen molar-refractivity contribution in [3.05, 3.63) is 95.1 Å². The van der Waals surface area contributed by atoms with Crippen molar-refractivity contribution in [3.63, 3.8) is 0 Å². The molecule has 1 aliphatic rings. The van der Waals surface area contributed by atoms with E-state index in [2.05, 4.69) is 46.3 Å². The number of benzene rings is 3. The lowest BCUT2D eigenvalue weighted by atomic mass is 9.92. The Balaban J connectivity index is 1.66. The van der Waals surface area contributed by atoms with E-state index < -0.39 is 0 Å². The van der Waals surface area contributed by atoms with E-state index in [1.165, 1.54) is 11.1 Å². The van der Waals surface area contributed by atoms with Crippen molar-refractivity contribution in [2.24, 2.45) is 0 Å². The molecule has 0 aliphatic carbocycles. The molecule has 156 valence electrons. The lowest BCUT2D eigenvalue weighted by Gasteiger charge is -2.36. The normalized spacial score (nSPS) is 14.8. The number of ether oxygens (including phenoxy) is 1. The molecule has 4 rings (SSSR count). The topological polar surface area (TPSA) is 41.6 Å². The van der Waals surface area contributed by atoms with E-state index >= 15 is 0 Å². The Morgan fingerprint density at radius 1 is 1.06 bits per heavy atom. The molecule has 0 radical (unpaired) electrons. The SMILES string of the molecule is CCOc1ccc(C#CC2c3ccccc3CCN2c2ccc(C(=O)NC)cc2)cc1. The zero-order valence-corrected chi connectivity index (χ0v) is 17.9. The Morgan fingerprint density at radius 3 is 2.52 bits per heavy atom. The maximum atomic E-state index is 11.9. The van der Waals surface area contributed by atoms with Crippen LogP contribution in [0.25, 0.3) is 0 Å². The van der Waals surface area contributed by atoms with Crippen molar-refractivity contribution < 1.29 is 9.53 Å². The molecule has 4 heteroatoms. The Bertz CT molecular complexity index is 1110.